The molecule has 3 rings (SSSR count). The van der Waals surface area contributed by atoms with Gasteiger partial charge in [0.25, 0.3) is 5.91 Å². The zero-order valence-electron chi connectivity index (χ0n) is 18.2. The lowest BCUT2D eigenvalue weighted by molar-refractivity contribution is -0.129. The van der Waals surface area contributed by atoms with Crippen LogP contribution in [0.25, 0.3) is 0 Å². The zero-order chi connectivity index (χ0) is 22.1. The lowest BCUT2D eigenvalue weighted by atomic mass is 10.1. The Kier molecular flexibility index (Phi) is 8.96. The minimum atomic E-state index is -0.279. The van der Waals surface area contributed by atoms with Crippen molar-refractivity contribution >= 4 is 23.2 Å². The van der Waals surface area contributed by atoms with Crippen LogP contribution in [0.4, 0.5) is 0 Å². The van der Waals surface area contributed by atoms with E-state index in [2.05, 4.69) is 44.7 Å². The Balaban J connectivity index is 1.53. The minimum absolute atomic E-state index is 0.153. The number of aromatic nitrogens is 1. The molecule has 2 N–H and O–H groups in total. The van der Waals surface area contributed by atoms with E-state index in [1.54, 1.807) is 0 Å². The predicted molar refractivity (Wildman–Crippen MR) is 120 cm³/mol. The molecule has 0 spiro atoms. The number of benzene rings is 1. The third-order valence-corrected chi connectivity index (χ3v) is 6.11. The fourth-order valence-corrected chi connectivity index (χ4v) is 4.26. The molecule has 2 heterocycles. The van der Waals surface area contributed by atoms with Crippen LogP contribution in [-0.2, 0) is 27.3 Å². The van der Waals surface area contributed by atoms with E-state index in [1.165, 1.54) is 11.3 Å². The van der Waals surface area contributed by atoms with Crippen LogP contribution < -0.4 is 10.9 Å². The Morgan fingerprint density at radius 2 is 1.90 bits per heavy atom. The number of carbonyl (C=O) groups is 2. The van der Waals surface area contributed by atoms with Crippen LogP contribution in [0.2, 0.25) is 0 Å². The molecule has 0 aliphatic carbocycles. The van der Waals surface area contributed by atoms with Crippen LogP contribution in [0.5, 0.6) is 0 Å². The van der Waals surface area contributed by atoms with Crippen LogP contribution in [0.15, 0.2) is 35.7 Å². The number of aryl methyl sites for hydroxylation is 1. The van der Waals surface area contributed by atoms with E-state index in [9.17, 15) is 9.59 Å². The molecule has 31 heavy (non-hydrogen) atoms. The molecule has 0 saturated carbocycles. The number of hydrogen-bond acceptors (Lipinski definition) is 7. The minimum Gasteiger partial charge on any atom is -0.379 e. The van der Waals surface area contributed by atoms with E-state index in [0.717, 1.165) is 49.1 Å². The molecule has 1 aromatic carbocycles. The van der Waals surface area contributed by atoms with Crippen molar-refractivity contribution in [2.75, 3.05) is 39.4 Å². The van der Waals surface area contributed by atoms with E-state index >= 15 is 0 Å². The Bertz CT molecular complexity index is 839. The molecule has 1 aliphatic heterocycles. The van der Waals surface area contributed by atoms with Gasteiger partial charge in [-0.3, -0.25) is 30.2 Å². The highest BCUT2D eigenvalue weighted by Crippen LogP contribution is 2.11. The molecule has 1 saturated heterocycles. The van der Waals surface area contributed by atoms with Gasteiger partial charge in [-0.1, -0.05) is 30.3 Å². The number of thiazole rings is 1. The summed E-state index contributed by atoms with van der Waals surface area (Å²) in [6.07, 6.45) is 0.153. The van der Waals surface area contributed by atoms with Crippen molar-refractivity contribution in [1.29, 1.82) is 0 Å². The number of rotatable bonds is 9. The lowest BCUT2D eigenvalue weighted by Gasteiger charge is -2.34. The number of hydrazine groups is 1. The summed E-state index contributed by atoms with van der Waals surface area (Å²) in [5.41, 5.74) is 7.09. The van der Waals surface area contributed by atoms with Crippen molar-refractivity contribution < 1.29 is 14.3 Å². The first-order valence-electron chi connectivity index (χ1n) is 10.6. The van der Waals surface area contributed by atoms with E-state index < -0.39 is 0 Å². The van der Waals surface area contributed by atoms with E-state index in [0.29, 0.717) is 6.54 Å². The SMILES string of the molecule is Cc1csc(CC(=O)NNC(=O)CN(Cc2ccccc2)C(C)CN2CCOCC2)n1. The van der Waals surface area contributed by atoms with Gasteiger partial charge in [-0.2, -0.15) is 0 Å². The van der Waals surface area contributed by atoms with Gasteiger partial charge in [0, 0.05) is 43.3 Å². The fraction of sp³-hybridized carbons (Fsp3) is 0.500. The Morgan fingerprint density at radius 1 is 1.19 bits per heavy atom. The maximum atomic E-state index is 12.6. The van der Waals surface area contributed by atoms with Gasteiger partial charge in [-0.05, 0) is 19.4 Å². The average Bonchev–Trinajstić information content (AvgIpc) is 3.17. The van der Waals surface area contributed by atoms with Crippen molar-refractivity contribution in [1.82, 2.24) is 25.6 Å². The predicted octanol–water partition coefficient (Wildman–Crippen LogP) is 1.36. The summed E-state index contributed by atoms with van der Waals surface area (Å²) >= 11 is 1.44. The second kappa shape index (κ2) is 11.9. The number of hydrogen-bond donors (Lipinski definition) is 2. The maximum absolute atomic E-state index is 12.6. The monoisotopic (exact) mass is 445 g/mol. The number of amides is 2. The highest BCUT2D eigenvalue weighted by Gasteiger charge is 2.22. The summed E-state index contributed by atoms with van der Waals surface area (Å²) in [6.45, 7) is 9.04. The molecule has 2 aromatic rings. The van der Waals surface area contributed by atoms with Crippen molar-refractivity contribution in [3.63, 3.8) is 0 Å². The van der Waals surface area contributed by atoms with Crippen molar-refractivity contribution in [3.05, 3.63) is 52.0 Å². The number of nitrogens with zero attached hydrogens (tertiary/aromatic N) is 3. The molecule has 1 unspecified atom stereocenters. The molecule has 0 radical (unpaired) electrons. The Labute approximate surface area is 187 Å². The summed E-state index contributed by atoms with van der Waals surface area (Å²) < 4.78 is 5.44. The number of ether oxygens (including phenoxy) is 1. The van der Waals surface area contributed by atoms with Gasteiger partial charge in [0.15, 0.2) is 0 Å². The lowest BCUT2D eigenvalue weighted by Crippen LogP contribution is -2.51. The molecule has 1 atom stereocenters. The fourth-order valence-electron chi connectivity index (χ4n) is 3.49. The first-order chi connectivity index (χ1) is 15.0. The topological polar surface area (TPSA) is 86.8 Å². The van der Waals surface area contributed by atoms with Gasteiger partial charge in [-0.25, -0.2) is 4.98 Å². The first-order valence-corrected chi connectivity index (χ1v) is 11.4. The highest BCUT2D eigenvalue weighted by atomic mass is 32.1. The molecule has 168 valence electrons. The van der Waals surface area contributed by atoms with Crippen LogP contribution >= 0.6 is 11.3 Å². The molecule has 1 fully saturated rings. The maximum Gasteiger partial charge on any atom is 0.252 e. The van der Waals surface area contributed by atoms with Crippen LogP contribution in [0, 0.1) is 6.92 Å². The summed E-state index contributed by atoms with van der Waals surface area (Å²) in [4.78, 5) is 33.5. The number of nitrogens with one attached hydrogen (secondary N) is 2. The Hall–Kier alpha value is -2.33. The highest BCUT2D eigenvalue weighted by molar-refractivity contribution is 7.09. The summed E-state index contributed by atoms with van der Waals surface area (Å²) in [7, 11) is 0. The quantitative estimate of drug-likeness (QED) is 0.567. The molecule has 8 nitrogen and oxygen atoms in total. The third kappa shape index (κ3) is 8.02. The molecule has 2 amide bonds. The first kappa shape index (κ1) is 23.3. The van der Waals surface area contributed by atoms with E-state index in [-0.39, 0.29) is 30.8 Å². The summed E-state index contributed by atoms with van der Waals surface area (Å²) in [5, 5.41) is 2.63. The molecule has 1 aromatic heterocycles. The largest absolute Gasteiger partial charge is 0.379 e. The third-order valence-electron chi connectivity index (χ3n) is 5.14. The van der Waals surface area contributed by atoms with Crippen LogP contribution in [0.3, 0.4) is 0 Å². The second-order valence-corrected chi connectivity index (χ2v) is 8.75. The molecular weight excluding hydrogens is 414 g/mol. The van der Waals surface area contributed by atoms with Crippen LogP contribution in [0.1, 0.15) is 23.2 Å². The van der Waals surface area contributed by atoms with Crippen molar-refractivity contribution in [3.8, 4) is 0 Å². The van der Waals surface area contributed by atoms with Gasteiger partial charge in [-0.15, -0.1) is 11.3 Å². The smallest absolute Gasteiger partial charge is 0.252 e. The zero-order valence-corrected chi connectivity index (χ0v) is 19.0. The number of carbonyl (C=O) groups excluding carboxylic acids is 2. The summed E-state index contributed by atoms with van der Waals surface area (Å²) in [6, 6.07) is 10.3. The van der Waals surface area contributed by atoms with Gasteiger partial charge in [0.2, 0.25) is 5.91 Å². The normalized spacial score (nSPS) is 15.6. The molecular formula is C22H31N5O3S. The van der Waals surface area contributed by atoms with Crippen molar-refractivity contribution in [2.24, 2.45) is 0 Å². The molecule has 1 aliphatic rings. The van der Waals surface area contributed by atoms with Gasteiger partial charge < -0.3 is 4.74 Å². The number of morpholine rings is 1. The molecule has 9 heteroatoms. The Morgan fingerprint density at radius 3 is 2.58 bits per heavy atom. The van der Waals surface area contributed by atoms with E-state index in [1.807, 2.05) is 30.5 Å². The average molecular weight is 446 g/mol. The van der Waals surface area contributed by atoms with Gasteiger partial charge in [0.05, 0.1) is 26.2 Å². The van der Waals surface area contributed by atoms with Gasteiger partial charge in [0.1, 0.15) is 5.01 Å². The summed E-state index contributed by atoms with van der Waals surface area (Å²) in [5.74, 6) is -0.521. The standard InChI is InChI=1S/C22H31N5O3S/c1-17-16-31-22(23-17)12-20(28)24-25-21(29)15-27(14-19-6-4-3-5-7-19)18(2)13-26-8-10-30-11-9-26/h3-7,16,18H,8-15H2,1-2H3,(H,24,28)(H,25,29). The second-order valence-electron chi connectivity index (χ2n) is 7.81. The van der Waals surface area contributed by atoms with Crippen LogP contribution in [-0.4, -0.2) is 72.0 Å². The van der Waals surface area contributed by atoms with Gasteiger partial charge >= 0.3 is 0 Å². The van der Waals surface area contributed by atoms with E-state index in [4.69, 9.17) is 4.74 Å². The molecule has 0 bridgehead atoms. The van der Waals surface area contributed by atoms with Crippen molar-refractivity contribution in [2.45, 2.75) is 32.9 Å².